The Hall–Kier alpha value is -1.60. The first-order valence-corrected chi connectivity index (χ1v) is 5.13. The van der Waals surface area contributed by atoms with Crippen LogP contribution in [0, 0.1) is 0 Å². The second-order valence-electron chi connectivity index (χ2n) is 3.79. The van der Waals surface area contributed by atoms with Gasteiger partial charge in [-0.25, -0.2) is 0 Å². The van der Waals surface area contributed by atoms with Gasteiger partial charge in [-0.15, -0.1) is 0 Å². The van der Waals surface area contributed by atoms with Crippen LogP contribution in [0.4, 0.5) is 0 Å². The predicted octanol–water partition coefficient (Wildman–Crippen LogP) is 3.40. The Morgan fingerprint density at radius 2 is 1.27 bits per heavy atom. The molecule has 0 aromatic heterocycles. The van der Waals surface area contributed by atoms with Crippen molar-refractivity contribution in [1.82, 2.24) is 0 Å². The van der Waals surface area contributed by atoms with E-state index < -0.39 is 0 Å². The molecule has 0 spiro atoms. The number of benzene rings is 2. The minimum Gasteiger partial charge on any atom is -0.372 e. The van der Waals surface area contributed by atoms with Crippen molar-refractivity contribution in [3.8, 4) is 11.1 Å². The summed E-state index contributed by atoms with van der Waals surface area (Å²) >= 11 is 0. The van der Waals surface area contributed by atoms with E-state index in [-0.39, 0.29) is 6.10 Å². The van der Waals surface area contributed by atoms with Crippen LogP contribution in [-0.4, -0.2) is 7.11 Å². The zero-order valence-electron chi connectivity index (χ0n) is 8.60. The standard InChI is InChI=1S/C14H12O/c1-15-14-12-8-4-2-6-10(12)11-7-3-5-9-13(11)14/h2-9,14H,1H3. The SMILES string of the molecule is COC1c2ccccc2-c2ccccc21. The first kappa shape index (κ1) is 8.69. The van der Waals surface area contributed by atoms with E-state index >= 15 is 0 Å². The van der Waals surface area contributed by atoms with Gasteiger partial charge in [0, 0.05) is 7.11 Å². The Morgan fingerprint density at radius 3 is 1.73 bits per heavy atom. The summed E-state index contributed by atoms with van der Waals surface area (Å²) in [6.45, 7) is 0. The molecule has 0 N–H and O–H groups in total. The lowest BCUT2D eigenvalue weighted by atomic mass is 10.1. The average molecular weight is 196 g/mol. The van der Waals surface area contributed by atoms with Crippen LogP contribution in [0.5, 0.6) is 0 Å². The lowest BCUT2D eigenvalue weighted by Gasteiger charge is -2.10. The molecule has 0 saturated heterocycles. The summed E-state index contributed by atoms with van der Waals surface area (Å²) in [5.74, 6) is 0. The van der Waals surface area contributed by atoms with Crippen LogP contribution in [0.2, 0.25) is 0 Å². The Balaban J connectivity index is 2.31. The molecule has 0 heterocycles. The lowest BCUT2D eigenvalue weighted by Crippen LogP contribution is -1.97. The average Bonchev–Trinajstić information content (AvgIpc) is 2.63. The number of hydrogen-bond donors (Lipinski definition) is 0. The highest BCUT2D eigenvalue weighted by atomic mass is 16.5. The second-order valence-corrected chi connectivity index (χ2v) is 3.79. The molecule has 2 aromatic rings. The fraction of sp³-hybridized carbons (Fsp3) is 0.143. The smallest absolute Gasteiger partial charge is 0.108 e. The van der Waals surface area contributed by atoms with Gasteiger partial charge in [0.05, 0.1) is 0 Å². The highest BCUT2D eigenvalue weighted by Crippen LogP contribution is 2.44. The minimum absolute atomic E-state index is 0.109. The molecule has 1 heteroatoms. The third-order valence-electron chi connectivity index (χ3n) is 3.01. The van der Waals surface area contributed by atoms with E-state index in [0.29, 0.717) is 0 Å². The Morgan fingerprint density at radius 1 is 0.800 bits per heavy atom. The fourth-order valence-corrected chi connectivity index (χ4v) is 2.36. The van der Waals surface area contributed by atoms with Crippen molar-refractivity contribution in [3.63, 3.8) is 0 Å². The Kier molecular flexibility index (Phi) is 1.86. The van der Waals surface area contributed by atoms with Gasteiger partial charge in [0.25, 0.3) is 0 Å². The summed E-state index contributed by atoms with van der Waals surface area (Å²) < 4.78 is 5.56. The van der Waals surface area contributed by atoms with Crippen LogP contribution in [0.1, 0.15) is 17.2 Å². The molecule has 74 valence electrons. The summed E-state index contributed by atoms with van der Waals surface area (Å²) in [5.41, 5.74) is 5.17. The van der Waals surface area contributed by atoms with Gasteiger partial charge in [0.1, 0.15) is 6.10 Å². The third-order valence-corrected chi connectivity index (χ3v) is 3.01. The van der Waals surface area contributed by atoms with Crippen LogP contribution in [0.3, 0.4) is 0 Å². The van der Waals surface area contributed by atoms with E-state index in [1.54, 1.807) is 7.11 Å². The van der Waals surface area contributed by atoms with E-state index in [0.717, 1.165) is 0 Å². The number of hydrogen-bond acceptors (Lipinski definition) is 1. The van der Waals surface area contributed by atoms with E-state index in [4.69, 9.17) is 4.74 Å². The van der Waals surface area contributed by atoms with Crippen molar-refractivity contribution in [2.24, 2.45) is 0 Å². The molecule has 0 aliphatic heterocycles. The first-order valence-electron chi connectivity index (χ1n) is 5.13. The van der Waals surface area contributed by atoms with E-state index in [1.165, 1.54) is 22.3 Å². The molecule has 3 rings (SSSR count). The summed E-state index contributed by atoms with van der Waals surface area (Å²) in [5, 5.41) is 0. The molecule has 15 heavy (non-hydrogen) atoms. The van der Waals surface area contributed by atoms with Crippen LogP contribution in [0.15, 0.2) is 48.5 Å². The highest BCUT2D eigenvalue weighted by Gasteiger charge is 2.27. The zero-order chi connectivity index (χ0) is 10.3. The molecule has 0 saturated carbocycles. The number of fused-ring (bicyclic) bond motifs is 3. The topological polar surface area (TPSA) is 9.23 Å². The molecule has 1 nitrogen and oxygen atoms in total. The van der Waals surface area contributed by atoms with Gasteiger partial charge in [0.2, 0.25) is 0 Å². The molecular formula is C14H12O. The fourth-order valence-electron chi connectivity index (χ4n) is 2.36. The van der Waals surface area contributed by atoms with Crippen molar-refractivity contribution in [2.45, 2.75) is 6.10 Å². The molecule has 0 atom stereocenters. The summed E-state index contributed by atoms with van der Waals surface area (Å²) in [4.78, 5) is 0. The van der Waals surface area contributed by atoms with Crippen LogP contribution < -0.4 is 0 Å². The number of ether oxygens (including phenoxy) is 1. The minimum atomic E-state index is 0.109. The number of methoxy groups -OCH3 is 1. The predicted molar refractivity (Wildman–Crippen MR) is 60.7 cm³/mol. The Bertz CT molecular complexity index is 457. The van der Waals surface area contributed by atoms with Gasteiger partial charge < -0.3 is 4.74 Å². The van der Waals surface area contributed by atoms with Crippen molar-refractivity contribution >= 4 is 0 Å². The molecule has 2 aromatic carbocycles. The summed E-state index contributed by atoms with van der Waals surface area (Å²) in [7, 11) is 1.77. The molecule has 0 fully saturated rings. The monoisotopic (exact) mass is 196 g/mol. The van der Waals surface area contributed by atoms with E-state index in [2.05, 4.69) is 48.5 Å². The quantitative estimate of drug-likeness (QED) is 0.679. The van der Waals surface area contributed by atoms with Gasteiger partial charge >= 0.3 is 0 Å². The van der Waals surface area contributed by atoms with Crippen LogP contribution in [0.25, 0.3) is 11.1 Å². The molecule has 0 radical (unpaired) electrons. The van der Waals surface area contributed by atoms with Crippen molar-refractivity contribution in [1.29, 1.82) is 0 Å². The van der Waals surface area contributed by atoms with Crippen molar-refractivity contribution in [2.75, 3.05) is 7.11 Å². The van der Waals surface area contributed by atoms with E-state index in [1.807, 2.05) is 0 Å². The maximum atomic E-state index is 5.56. The second kappa shape index (κ2) is 3.21. The third kappa shape index (κ3) is 1.13. The molecule has 0 bridgehead atoms. The largest absolute Gasteiger partial charge is 0.372 e. The van der Waals surface area contributed by atoms with Gasteiger partial charge in [-0.05, 0) is 22.3 Å². The molecule has 1 aliphatic carbocycles. The van der Waals surface area contributed by atoms with Crippen LogP contribution in [-0.2, 0) is 4.74 Å². The van der Waals surface area contributed by atoms with Gasteiger partial charge in [-0.3, -0.25) is 0 Å². The molecule has 0 unspecified atom stereocenters. The zero-order valence-corrected chi connectivity index (χ0v) is 8.60. The Labute approximate surface area is 89.3 Å². The highest BCUT2D eigenvalue weighted by molar-refractivity contribution is 5.77. The van der Waals surface area contributed by atoms with Gasteiger partial charge in [-0.1, -0.05) is 48.5 Å². The van der Waals surface area contributed by atoms with Crippen molar-refractivity contribution < 1.29 is 4.74 Å². The maximum Gasteiger partial charge on any atom is 0.108 e. The van der Waals surface area contributed by atoms with Gasteiger partial charge in [0.15, 0.2) is 0 Å². The summed E-state index contributed by atoms with van der Waals surface area (Å²) in [6.07, 6.45) is 0.109. The molecule has 0 amide bonds. The maximum absolute atomic E-state index is 5.56. The van der Waals surface area contributed by atoms with Crippen molar-refractivity contribution in [3.05, 3.63) is 59.7 Å². The van der Waals surface area contributed by atoms with E-state index in [9.17, 15) is 0 Å². The van der Waals surface area contributed by atoms with Gasteiger partial charge in [-0.2, -0.15) is 0 Å². The summed E-state index contributed by atoms with van der Waals surface area (Å²) in [6, 6.07) is 16.9. The molecular weight excluding hydrogens is 184 g/mol. The normalized spacial score (nSPS) is 13.7. The lowest BCUT2D eigenvalue weighted by molar-refractivity contribution is 0.140. The molecule has 1 aliphatic rings. The number of rotatable bonds is 1. The van der Waals surface area contributed by atoms with Crippen LogP contribution >= 0.6 is 0 Å². The first-order chi connectivity index (χ1) is 7.42.